The molecule has 3 nitrogen and oxygen atoms in total. The molecule has 108 valence electrons. The fourth-order valence-electron chi connectivity index (χ4n) is 2.59. The van der Waals surface area contributed by atoms with Crippen LogP contribution < -0.4 is 0 Å². The molecule has 0 heterocycles. The molecule has 0 unspecified atom stereocenters. The topological polar surface area (TPSA) is 51.2 Å². The second kappa shape index (κ2) is 6.35. The van der Waals surface area contributed by atoms with Gasteiger partial charge in [-0.25, -0.2) is 8.42 Å². The van der Waals surface area contributed by atoms with Gasteiger partial charge in [0.2, 0.25) is 9.84 Å². The first-order valence-electron chi connectivity index (χ1n) is 7.02. The maximum Gasteiger partial charge on any atom is 0.202 e. The van der Waals surface area contributed by atoms with E-state index < -0.39 is 9.84 Å². The molecule has 0 saturated heterocycles. The lowest BCUT2D eigenvalue weighted by molar-refractivity contribution is -0.118. The zero-order valence-corrected chi connectivity index (χ0v) is 12.6. The molecule has 0 bridgehead atoms. The Morgan fingerprint density at radius 2 is 1.60 bits per heavy atom. The molecule has 0 fully saturated rings. The molecule has 20 heavy (non-hydrogen) atoms. The number of ketones is 1. The van der Waals surface area contributed by atoms with Crippen molar-refractivity contribution in [2.45, 2.75) is 50.3 Å². The van der Waals surface area contributed by atoms with Crippen LogP contribution in [0.3, 0.4) is 0 Å². The van der Waals surface area contributed by atoms with Gasteiger partial charge in [0.05, 0.1) is 4.90 Å². The Balaban J connectivity index is 2.43. The van der Waals surface area contributed by atoms with Crippen molar-refractivity contribution in [2.24, 2.45) is 0 Å². The Morgan fingerprint density at radius 1 is 0.950 bits per heavy atom. The van der Waals surface area contributed by atoms with Crippen LogP contribution in [0.4, 0.5) is 0 Å². The van der Waals surface area contributed by atoms with E-state index in [1.54, 1.807) is 37.3 Å². The van der Waals surface area contributed by atoms with Crippen molar-refractivity contribution >= 4 is 15.6 Å². The van der Waals surface area contributed by atoms with Gasteiger partial charge in [0.15, 0.2) is 0 Å². The SMILES string of the molecule is C/C1=C(\S(=O)(=O)c2ccccc2)CCCCCC(=O)C1. The Kier molecular flexibility index (Phi) is 4.76. The lowest BCUT2D eigenvalue weighted by Gasteiger charge is -2.12. The van der Waals surface area contributed by atoms with Crippen molar-refractivity contribution < 1.29 is 13.2 Å². The van der Waals surface area contributed by atoms with Crippen molar-refractivity contribution in [1.82, 2.24) is 0 Å². The monoisotopic (exact) mass is 292 g/mol. The number of hydrogen-bond acceptors (Lipinski definition) is 3. The van der Waals surface area contributed by atoms with Crippen LogP contribution in [0.5, 0.6) is 0 Å². The van der Waals surface area contributed by atoms with E-state index in [1.165, 1.54) is 0 Å². The molecule has 1 aliphatic carbocycles. The van der Waals surface area contributed by atoms with Crippen LogP contribution in [-0.4, -0.2) is 14.2 Å². The first kappa shape index (κ1) is 15.0. The summed E-state index contributed by atoms with van der Waals surface area (Å²) < 4.78 is 25.4. The number of carbonyl (C=O) groups excluding carboxylic acids is 1. The molecule has 0 aromatic heterocycles. The van der Waals surface area contributed by atoms with Crippen molar-refractivity contribution in [3.63, 3.8) is 0 Å². The average molecular weight is 292 g/mol. The van der Waals surface area contributed by atoms with E-state index in [2.05, 4.69) is 0 Å². The van der Waals surface area contributed by atoms with E-state index in [9.17, 15) is 13.2 Å². The van der Waals surface area contributed by atoms with E-state index in [1.807, 2.05) is 0 Å². The van der Waals surface area contributed by atoms with E-state index >= 15 is 0 Å². The lowest BCUT2D eigenvalue weighted by atomic mass is 10.1. The predicted molar refractivity (Wildman–Crippen MR) is 79.0 cm³/mol. The highest BCUT2D eigenvalue weighted by Gasteiger charge is 2.24. The van der Waals surface area contributed by atoms with Crippen LogP contribution in [0.15, 0.2) is 45.7 Å². The molecule has 0 atom stereocenters. The Morgan fingerprint density at radius 3 is 2.30 bits per heavy atom. The third-order valence-electron chi connectivity index (χ3n) is 3.68. The Bertz CT molecular complexity index is 612. The fourth-order valence-corrected chi connectivity index (χ4v) is 4.33. The zero-order chi connectivity index (χ0) is 14.6. The van der Waals surface area contributed by atoms with Gasteiger partial charge in [0.25, 0.3) is 0 Å². The van der Waals surface area contributed by atoms with Gasteiger partial charge in [-0.05, 0) is 38.3 Å². The van der Waals surface area contributed by atoms with Crippen LogP contribution in [0.25, 0.3) is 0 Å². The molecule has 0 radical (unpaired) electrons. The van der Waals surface area contributed by atoms with Crippen LogP contribution in [0.2, 0.25) is 0 Å². The normalized spacial score (nSPS) is 21.9. The number of rotatable bonds is 2. The maximum atomic E-state index is 12.7. The maximum absolute atomic E-state index is 12.7. The summed E-state index contributed by atoms with van der Waals surface area (Å²) in [5.41, 5.74) is 0.709. The Labute approximate surface area is 120 Å². The molecule has 2 rings (SSSR count). The quantitative estimate of drug-likeness (QED) is 0.836. The lowest BCUT2D eigenvalue weighted by Crippen LogP contribution is -2.08. The third kappa shape index (κ3) is 3.37. The summed E-state index contributed by atoms with van der Waals surface area (Å²) in [7, 11) is -3.46. The molecular formula is C16H20O3S. The summed E-state index contributed by atoms with van der Waals surface area (Å²) >= 11 is 0. The predicted octanol–water partition coefficient (Wildman–Crippen LogP) is 3.66. The van der Waals surface area contributed by atoms with Gasteiger partial charge in [0.1, 0.15) is 5.78 Å². The Hall–Kier alpha value is -1.42. The minimum atomic E-state index is -3.46. The summed E-state index contributed by atoms with van der Waals surface area (Å²) in [5, 5.41) is 0. The van der Waals surface area contributed by atoms with Crippen molar-refractivity contribution in [3.8, 4) is 0 Å². The molecule has 1 aliphatic rings. The highest BCUT2D eigenvalue weighted by atomic mass is 32.2. The van der Waals surface area contributed by atoms with Gasteiger partial charge in [-0.1, -0.05) is 30.2 Å². The highest BCUT2D eigenvalue weighted by molar-refractivity contribution is 7.95. The van der Waals surface area contributed by atoms with E-state index in [0.717, 1.165) is 19.3 Å². The van der Waals surface area contributed by atoms with Crippen molar-refractivity contribution in [3.05, 3.63) is 40.8 Å². The van der Waals surface area contributed by atoms with Gasteiger partial charge < -0.3 is 0 Å². The van der Waals surface area contributed by atoms with Crippen LogP contribution >= 0.6 is 0 Å². The summed E-state index contributed by atoms with van der Waals surface area (Å²) in [6, 6.07) is 8.48. The van der Waals surface area contributed by atoms with Gasteiger partial charge in [0, 0.05) is 17.7 Å². The largest absolute Gasteiger partial charge is 0.299 e. The first-order valence-corrected chi connectivity index (χ1v) is 8.50. The van der Waals surface area contributed by atoms with E-state index in [-0.39, 0.29) is 12.2 Å². The molecule has 0 saturated carbocycles. The standard InChI is InChI=1S/C16H20O3S/c1-13-12-14(17)8-4-2-7-11-16(13)20(18,19)15-9-5-3-6-10-15/h3,5-6,9-10H,2,4,7-8,11-12H2,1H3/b16-13+. The minimum absolute atomic E-state index is 0.144. The van der Waals surface area contributed by atoms with Crippen LogP contribution in [-0.2, 0) is 14.6 Å². The number of sulfone groups is 1. The van der Waals surface area contributed by atoms with Crippen molar-refractivity contribution in [1.29, 1.82) is 0 Å². The van der Waals surface area contributed by atoms with Gasteiger partial charge in [-0.15, -0.1) is 0 Å². The highest BCUT2D eigenvalue weighted by Crippen LogP contribution is 2.29. The molecule has 4 heteroatoms. The first-order chi connectivity index (χ1) is 9.51. The third-order valence-corrected chi connectivity index (χ3v) is 5.77. The second-order valence-electron chi connectivity index (χ2n) is 5.30. The zero-order valence-electron chi connectivity index (χ0n) is 11.8. The minimum Gasteiger partial charge on any atom is -0.299 e. The molecular weight excluding hydrogens is 272 g/mol. The smallest absolute Gasteiger partial charge is 0.202 e. The fraction of sp³-hybridized carbons (Fsp3) is 0.438. The molecule has 1 aromatic carbocycles. The summed E-state index contributed by atoms with van der Waals surface area (Å²) in [4.78, 5) is 12.5. The summed E-state index contributed by atoms with van der Waals surface area (Å²) in [5.74, 6) is 0.144. The summed E-state index contributed by atoms with van der Waals surface area (Å²) in [6.07, 6.45) is 3.97. The number of benzene rings is 1. The van der Waals surface area contributed by atoms with Gasteiger partial charge in [-0.2, -0.15) is 0 Å². The number of Topliss-reactive ketones (excluding diaryl/α,β-unsaturated/α-hetero) is 1. The van der Waals surface area contributed by atoms with Crippen molar-refractivity contribution in [2.75, 3.05) is 0 Å². The van der Waals surface area contributed by atoms with E-state index in [4.69, 9.17) is 0 Å². The number of allylic oxidation sites excluding steroid dienone is 2. The van der Waals surface area contributed by atoms with Crippen LogP contribution in [0.1, 0.15) is 45.4 Å². The number of hydrogen-bond donors (Lipinski definition) is 0. The number of carbonyl (C=O) groups is 1. The molecule has 0 aliphatic heterocycles. The van der Waals surface area contributed by atoms with Crippen LogP contribution in [0, 0.1) is 0 Å². The van der Waals surface area contributed by atoms with Gasteiger partial charge in [-0.3, -0.25) is 4.79 Å². The molecule has 0 amide bonds. The molecule has 0 spiro atoms. The van der Waals surface area contributed by atoms with E-state index in [0.29, 0.717) is 28.2 Å². The van der Waals surface area contributed by atoms with Gasteiger partial charge >= 0.3 is 0 Å². The summed E-state index contributed by atoms with van der Waals surface area (Å²) in [6.45, 7) is 1.78. The average Bonchev–Trinajstić information content (AvgIpc) is 2.50. The molecule has 0 N–H and O–H groups in total. The molecule has 1 aromatic rings. The second-order valence-corrected chi connectivity index (χ2v) is 7.27.